The van der Waals surface area contributed by atoms with Crippen LogP contribution in [0.5, 0.6) is 0 Å². The van der Waals surface area contributed by atoms with Crippen LogP contribution >= 0.6 is 0 Å². The molecule has 0 saturated carbocycles. The number of sulfone groups is 1. The standard InChI is InChI=1S/C12H17NO3S/c1-9-6-11(8-14)10(2)13(9)7-12-4-3-5-17(12,15)16/h6,8,12H,3-5,7H2,1-2H3. The summed E-state index contributed by atoms with van der Waals surface area (Å²) in [5, 5.41) is -0.285. The van der Waals surface area contributed by atoms with Crippen molar-refractivity contribution in [1.29, 1.82) is 0 Å². The number of aromatic nitrogens is 1. The van der Waals surface area contributed by atoms with Gasteiger partial charge in [0.2, 0.25) is 0 Å². The summed E-state index contributed by atoms with van der Waals surface area (Å²) in [7, 11) is -2.93. The number of hydrogen-bond acceptors (Lipinski definition) is 3. The number of aldehydes is 1. The molecule has 0 aromatic carbocycles. The predicted octanol–water partition coefficient (Wildman–Crippen LogP) is 1.49. The van der Waals surface area contributed by atoms with Crippen molar-refractivity contribution in [3.63, 3.8) is 0 Å². The first-order chi connectivity index (χ1) is 7.95. The van der Waals surface area contributed by atoms with E-state index >= 15 is 0 Å². The van der Waals surface area contributed by atoms with Crippen molar-refractivity contribution >= 4 is 16.1 Å². The average molecular weight is 255 g/mol. The summed E-state index contributed by atoms with van der Waals surface area (Å²) in [4.78, 5) is 10.8. The Labute approximate surface area is 102 Å². The molecule has 1 atom stereocenters. The van der Waals surface area contributed by atoms with E-state index in [-0.39, 0.29) is 5.25 Å². The van der Waals surface area contributed by atoms with Gasteiger partial charge in [0.05, 0.1) is 11.0 Å². The van der Waals surface area contributed by atoms with Crippen LogP contribution in [0.3, 0.4) is 0 Å². The molecule has 1 aliphatic rings. The van der Waals surface area contributed by atoms with E-state index in [2.05, 4.69) is 0 Å². The molecule has 1 aromatic rings. The molecule has 0 bridgehead atoms. The molecular weight excluding hydrogens is 238 g/mol. The van der Waals surface area contributed by atoms with E-state index in [1.165, 1.54) is 0 Å². The monoisotopic (exact) mass is 255 g/mol. The molecule has 0 N–H and O–H groups in total. The molecule has 1 saturated heterocycles. The lowest BCUT2D eigenvalue weighted by Crippen LogP contribution is -2.23. The second-order valence-electron chi connectivity index (χ2n) is 4.69. The van der Waals surface area contributed by atoms with Crippen LogP contribution in [-0.4, -0.2) is 30.3 Å². The summed E-state index contributed by atoms with van der Waals surface area (Å²) in [6.07, 6.45) is 2.31. The normalized spacial score (nSPS) is 22.8. The van der Waals surface area contributed by atoms with Crippen LogP contribution in [0, 0.1) is 13.8 Å². The van der Waals surface area contributed by atoms with Crippen LogP contribution in [-0.2, 0) is 16.4 Å². The van der Waals surface area contributed by atoms with Gasteiger partial charge in [-0.1, -0.05) is 0 Å². The quantitative estimate of drug-likeness (QED) is 0.769. The van der Waals surface area contributed by atoms with Gasteiger partial charge in [0.15, 0.2) is 16.1 Å². The molecular formula is C12H17NO3S. The van der Waals surface area contributed by atoms with E-state index in [0.29, 0.717) is 17.9 Å². The van der Waals surface area contributed by atoms with Gasteiger partial charge in [-0.05, 0) is 32.8 Å². The maximum atomic E-state index is 11.8. The Bertz CT molecular complexity index is 542. The average Bonchev–Trinajstić information content (AvgIpc) is 2.72. The summed E-state index contributed by atoms with van der Waals surface area (Å²) in [5.74, 6) is 0.303. The summed E-state index contributed by atoms with van der Waals surface area (Å²) in [6.45, 7) is 4.24. The van der Waals surface area contributed by atoms with Gasteiger partial charge in [-0.15, -0.1) is 0 Å². The molecule has 0 radical (unpaired) electrons. The Hall–Kier alpha value is -1.10. The Balaban J connectivity index is 2.31. The summed E-state index contributed by atoms with van der Waals surface area (Å²) in [5.41, 5.74) is 2.46. The van der Waals surface area contributed by atoms with E-state index in [0.717, 1.165) is 30.5 Å². The zero-order valence-corrected chi connectivity index (χ0v) is 11.0. The minimum absolute atomic E-state index is 0.285. The van der Waals surface area contributed by atoms with Gasteiger partial charge >= 0.3 is 0 Å². The number of aryl methyl sites for hydroxylation is 1. The summed E-state index contributed by atoms with van der Waals surface area (Å²) >= 11 is 0. The predicted molar refractivity (Wildman–Crippen MR) is 66.1 cm³/mol. The topological polar surface area (TPSA) is 56.1 Å². The Kier molecular flexibility index (Phi) is 3.12. The SMILES string of the molecule is Cc1cc(C=O)c(C)n1CC1CCCS1(=O)=O. The van der Waals surface area contributed by atoms with Crippen LogP contribution in [0.15, 0.2) is 6.07 Å². The van der Waals surface area contributed by atoms with Crippen LogP contribution in [0.1, 0.15) is 34.6 Å². The highest BCUT2D eigenvalue weighted by Crippen LogP contribution is 2.24. The zero-order valence-electron chi connectivity index (χ0n) is 10.1. The lowest BCUT2D eigenvalue weighted by molar-refractivity contribution is 0.112. The molecule has 2 heterocycles. The summed E-state index contributed by atoms with van der Waals surface area (Å²) < 4.78 is 25.5. The van der Waals surface area contributed by atoms with Crippen molar-refractivity contribution in [2.45, 2.75) is 38.5 Å². The van der Waals surface area contributed by atoms with E-state index in [9.17, 15) is 13.2 Å². The van der Waals surface area contributed by atoms with Crippen molar-refractivity contribution in [2.75, 3.05) is 5.75 Å². The second-order valence-corrected chi connectivity index (χ2v) is 7.09. The van der Waals surface area contributed by atoms with Crippen molar-refractivity contribution in [2.24, 2.45) is 0 Å². The molecule has 94 valence electrons. The molecule has 17 heavy (non-hydrogen) atoms. The molecule has 1 fully saturated rings. The Morgan fingerprint density at radius 3 is 2.65 bits per heavy atom. The zero-order chi connectivity index (χ0) is 12.6. The highest BCUT2D eigenvalue weighted by Gasteiger charge is 2.32. The fourth-order valence-electron chi connectivity index (χ4n) is 2.49. The molecule has 1 aliphatic heterocycles. The first-order valence-corrected chi connectivity index (χ1v) is 7.50. The number of nitrogens with zero attached hydrogens (tertiary/aromatic N) is 1. The van der Waals surface area contributed by atoms with Crippen molar-refractivity contribution in [3.8, 4) is 0 Å². The fourth-order valence-corrected chi connectivity index (χ4v) is 4.30. The van der Waals surface area contributed by atoms with Gasteiger partial charge in [-0.25, -0.2) is 8.42 Å². The lowest BCUT2D eigenvalue weighted by Gasteiger charge is -2.14. The largest absolute Gasteiger partial charge is 0.347 e. The lowest BCUT2D eigenvalue weighted by atomic mass is 10.2. The third-order valence-corrected chi connectivity index (χ3v) is 5.85. The number of carbonyl (C=O) groups excluding carboxylic acids is 1. The van der Waals surface area contributed by atoms with E-state index in [4.69, 9.17) is 0 Å². The molecule has 0 spiro atoms. The van der Waals surface area contributed by atoms with Gasteiger partial charge in [-0.3, -0.25) is 4.79 Å². The molecule has 0 aliphatic carbocycles. The van der Waals surface area contributed by atoms with Gasteiger partial charge in [0.25, 0.3) is 0 Å². The van der Waals surface area contributed by atoms with Crippen LogP contribution < -0.4 is 0 Å². The number of rotatable bonds is 3. The Morgan fingerprint density at radius 1 is 1.47 bits per heavy atom. The highest BCUT2D eigenvalue weighted by molar-refractivity contribution is 7.92. The molecule has 0 amide bonds. The van der Waals surface area contributed by atoms with Crippen molar-refractivity contribution in [3.05, 3.63) is 23.0 Å². The van der Waals surface area contributed by atoms with Gasteiger partial charge in [0, 0.05) is 23.5 Å². The van der Waals surface area contributed by atoms with Crippen molar-refractivity contribution < 1.29 is 13.2 Å². The number of carbonyl (C=O) groups is 1. The fraction of sp³-hybridized carbons (Fsp3) is 0.583. The highest BCUT2D eigenvalue weighted by atomic mass is 32.2. The first kappa shape index (κ1) is 12.4. The first-order valence-electron chi connectivity index (χ1n) is 5.79. The van der Waals surface area contributed by atoms with Crippen LogP contribution in [0.25, 0.3) is 0 Å². The maximum Gasteiger partial charge on any atom is 0.154 e. The molecule has 4 nitrogen and oxygen atoms in total. The minimum Gasteiger partial charge on any atom is -0.347 e. The number of hydrogen-bond donors (Lipinski definition) is 0. The molecule has 1 unspecified atom stereocenters. The van der Waals surface area contributed by atoms with E-state index in [1.807, 2.05) is 24.5 Å². The molecule has 5 heteroatoms. The third kappa shape index (κ3) is 2.16. The van der Waals surface area contributed by atoms with Crippen LogP contribution in [0.4, 0.5) is 0 Å². The van der Waals surface area contributed by atoms with Gasteiger partial charge < -0.3 is 4.57 Å². The molecule has 2 rings (SSSR count). The van der Waals surface area contributed by atoms with E-state index in [1.54, 1.807) is 0 Å². The summed E-state index contributed by atoms with van der Waals surface area (Å²) in [6, 6.07) is 1.81. The second kappa shape index (κ2) is 4.29. The van der Waals surface area contributed by atoms with Crippen LogP contribution in [0.2, 0.25) is 0 Å². The van der Waals surface area contributed by atoms with Crippen molar-refractivity contribution in [1.82, 2.24) is 4.57 Å². The third-order valence-electron chi connectivity index (χ3n) is 3.59. The van der Waals surface area contributed by atoms with Gasteiger partial charge in [-0.2, -0.15) is 0 Å². The van der Waals surface area contributed by atoms with E-state index < -0.39 is 9.84 Å². The maximum absolute atomic E-state index is 11.8. The minimum atomic E-state index is -2.93. The van der Waals surface area contributed by atoms with Gasteiger partial charge in [0.1, 0.15) is 0 Å². The Morgan fingerprint density at radius 2 is 2.18 bits per heavy atom. The molecule has 1 aromatic heterocycles. The smallest absolute Gasteiger partial charge is 0.154 e.